The highest BCUT2D eigenvalue weighted by atomic mass is 15.1. The normalized spacial score (nSPS) is 11.6. The molecule has 3 heteroatoms. The minimum Gasteiger partial charge on any atom is -0.264 e. The summed E-state index contributed by atoms with van der Waals surface area (Å²) >= 11 is 0. The summed E-state index contributed by atoms with van der Waals surface area (Å²) in [5.41, 5.74) is 2.33. The van der Waals surface area contributed by atoms with Crippen LogP contribution in [0.1, 0.15) is 50.8 Å². The van der Waals surface area contributed by atoms with Gasteiger partial charge in [-0.05, 0) is 17.4 Å². The Kier molecular flexibility index (Phi) is 2.86. The molecule has 2 rings (SSSR count). The Bertz CT molecular complexity index is 461. The molecular weight excluding hydrogens is 198 g/mol. The first-order chi connectivity index (χ1) is 7.61. The number of pyridine rings is 1. The lowest BCUT2D eigenvalue weighted by atomic mass is 9.95. The van der Waals surface area contributed by atoms with Gasteiger partial charge in [-0.3, -0.25) is 4.98 Å². The van der Waals surface area contributed by atoms with Crippen molar-refractivity contribution in [2.75, 3.05) is 0 Å². The fraction of sp³-hybridized carbons (Fsp3) is 0.462. The number of hydrogen-bond donors (Lipinski definition) is 0. The maximum Gasteiger partial charge on any atom is 0.0738 e. The van der Waals surface area contributed by atoms with Gasteiger partial charge in [-0.1, -0.05) is 27.7 Å². The lowest BCUT2D eigenvalue weighted by molar-refractivity contribution is 0.790. The third-order valence-corrected chi connectivity index (χ3v) is 2.79. The smallest absolute Gasteiger partial charge is 0.0738 e. The van der Waals surface area contributed by atoms with Gasteiger partial charge in [0.15, 0.2) is 0 Å². The van der Waals surface area contributed by atoms with Gasteiger partial charge in [0, 0.05) is 23.2 Å². The highest BCUT2D eigenvalue weighted by molar-refractivity contribution is 5.86. The predicted molar refractivity (Wildman–Crippen MR) is 65.5 cm³/mol. The molecule has 16 heavy (non-hydrogen) atoms. The topological polar surface area (TPSA) is 38.7 Å². The quantitative estimate of drug-likeness (QED) is 0.771. The van der Waals surface area contributed by atoms with Crippen molar-refractivity contribution < 1.29 is 0 Å². The van der Waals surface area contributed by atoms with Crippen LogP contribution in [0.25, 0.3) is 10.8 Å². The van der Waals surface area contributed by atoms with Gasteiger partial charge < -0.3 is 0 Å². The van der Waals surface area contributed by atoms with E-state index in [9.17, 15) is 0 Å². The minimum absolute atomic E-state index is 0.385. The Morgan fingerprint density at radius 2 is 1.69 bits per heavy atom. The van der Waals surface area contributed by atoms with Gasteiger partial charge in [0.2, 0.25) is 0 Å². The van der Waals surface area contributed by atoms with Gasteiger partial charge in [-0.2, -0.15) is 10.2 Å². The lowest BCUT2D eigenvalue weighted by Crippen LogP contribution is -2.01. The highest BCUT2D eigenvalue weighted by Gasteiger charge is 2.13. The van der Waals surface area contributed by atoms with Crippen molar-refractivity contribution in [1.82, 2.24) is 15.2 Å². The summed E-state index contributed by atoms with van der Waals surface area (Å²) in [5.74, 6) is 0.842. The molecule has 2 heterocycles. The van der Waals surface area contributed by atoms with Gasteiger partial charge in [-0.25, -0.2) is 0 Å². The molecule has 3 nitrogen and oxygen atoms in total. The van der Waals surface area contributed by atoms with E-state index in [0.29, 0.717) is 11.8 Å². The Morgan fingerprint density at radius 3 is 2.31 bits per heavy atom. The molecule has 0 aromatic carbocycles. The number of hydrogen-bond acceptors (Lipinski definition) is 3. The van der Waals surface area contributed by atoms with Crippen LogP contribution in [-0.2, 0) is 0 Å². The van der Waals surface area contributed by atoms with Gasteiger partial charge >= 0.3 is 0 Å². The van der Waals surface area contributed by atoms with Crippen molar-refractivity contribution in [3.05, 3.63) is 29.8 Å². The van der Waals surface area contributed by atoms with E-state index in [-0.39, 0.29) is 0 Å². The first kappa shape index (κ1) is 11.0. The lowest BCUT2D eigenvalue weighted by Gasteiger charge is -2.13. The molecule has 0 saturated heterocycles. The van der Waals surface area contributed by atoms with Gasteiger partial charge in [0.1, 0.15) is 0 Å². The van der Waals surface area contributed by atoms with E-state index in [1.807, 2.05) is 12.4 Å². The SMILES string of the molecule is CC(C)c1cncc2cnnc(C(C)C)c12. The average molecular weight is 215 g/mol. The minimum atomic E-state index is 0.385. The second-order valence-electron chi connectivity index (χ2n) is 4.73. The molecular formula is C13H17N3. The Morgan fingerprint density at radius 1 is 0.938 bits per heavy atom. The summed E-state index contributed by atoms with van der Waals surface area (Å²) < 4.78 is 0. The fourth-order valence-corrected chi connectivity index (χ4v) is 1.93. The van der Waals surface area contributed by atoms with Crippen molar-refractivity contribution in [3.63, 3.8) is 0 Å². The highest BCUT2D eigenvalue weighted by Crippen LogP contribution is 2.29. The zero-order chi connectivity index (χ0) is 11.7. The van der Waals surface area contributed by atoms with Crippen LogP contribution in [0.5, 0.6) is 0 Å². The van der Waals surface area contributed by atoms with Crippen LogP contribution < -0.4 is 0 Å². The standard InChI is InChI=1S/C13H17N3/c1-8(2)11-7-14-5-10-6-15-16-13(9(3)4)12(10)11/h5-9H,1-4H3. The fourth-order valence-electron chi connectivity index (χ4n) is 1.93. The number of fused-ring (bicyclic) bond motifs is 1. The van der Waals surface area contributed by atoms with Crippen molar-refractivity contribution in [1.29, 1.82) is 0 Å². The van der Waals surface area contributed by atoms with Crippen LogP contribution in [0, 0.1) is 0 Å². The van der Waals surface area contributed by atoms with E-state index in [0.717, 1.165) is 11.1 Å². The first-order valence-corrected chi connectivity index (χ1v) is 5.70. The Labute approximate surface area is 95.9 Å². The average Bonchev–Trinajstić information content (AvgIpc) is 2.27. The molecule has 0 aliphatic heterocycles. The van der Waals surface area contributed by atoms with E-state index in [2.05, 4.69) is 42.9 Å². The third-order valence-electron chi connectivity index (χ3n) is 2.79. The monoisotopic (exact) mass is 215 g/mol. The van der Waals surface area contributed by atoms with Crippen molar-refractivity contribution in [3.8, 4) is 0 Å². The molecule has 0 saturated carbocycles. The molecule has 0 bridgehead atoms. The predicted octanol–water partition coefficient (Wildman–Crippen LogP) is 3.27. The van der Waals surface area contributed by atoms with Gasteiger partial charge in [-0.15, -0.1) is 0 Å². The molecule has 0 aliphatic carbocycles. The summed E-state index contributed by atoms with van der Waals surface area (Å²) in [7, 11) is 0. The maximum atomic E-state index is 4.27. The van der Waals surface area contributed by atoms with E-state index in [1.54, 1.807) is 6.20 Å². The molecule has 0 N–H and O–H groups in total. The molecule has 0 atom stereocenters. The van der Waals surface area contributed by atoms with Crippen LogP contribution in [0.15, 0.2) is 18.6 Å². The van der Waals surface area contributed by atoms with E-state index >= 15 is 0 Å². The zero-order valence-corrected chi connectivity index (χ0v) is 10.2. The maximum absolute atomic E-state index is 4.27. The number of nitrogens with zero attached hydrogens (tertiary/aromatic N) is 3. The van der Waals surface area contributed by atoms with Crippen molar-refractivity contribution in [2.45, 2.75) is 39.5 Å². The van der Waals surface area contributed by atoms with Crippen LogP contribution >= 0.6 is 0 Å². The van der Waals surface area contributed by atoms with Crippen molar-refractivity contribution in [2.24, 2.45) is 0 Å². The molecule has 0 fully saturated rings. The molecule has 2 aromatic rings. The van der Waals surface area contributed by atoms with E-state index in [4.69, 9.17) is 0 Å². The summed E-state index contributed by atoms with van der Waals surface area (Å²) in [4.78, 5) is 4.27. The molecule has 84 valence electrons. The largest absolute Gasteiger partial charge is 0.264 e. The number of rotatable bonds is 2. The first-order valence-electron chi connectivity index (χ1n) is 5.70. The molecule has 0 amide bonds. The third kappa shape index (κ3) is 1.77. The molecule has 0 spiro atoms. The second-order valence-corrected chi connectivity index (χ2v) is 4.73. The van der Waals surface area contributed by atoms with Gasteiger partial charge in [0.05, 0.1) is 11.9 Å². The second kappa shape index (κ2) is 4.16. The van der Waals surface area contributed by atoms with Crippen LogP contribution in [-0.4, -0.2) is 15.2 Å². The van der Waals surface area contributed by atoms with Crippen LogP contribution in [0.4, 0.5) is 0 Å². The van der Waals surface area contributed by atoms with Gasteiger partial charge in [0.25, 0.3) is 0 Å². The summed E-state index contributed by atoms with van der Waals surface area (Å²) in [6.45, 7) is 8.66. The van der Waals surface area contributed by atoms with Crippen molar-refractivity contribution >= 4 is 10.8 Å². The van der Waals surface area contributed by atoms with E-state index in [1.165, 1.54) is 10.9 Å². The summed E-state index contributed by atoms with van der Waals surface area (Å²) in [5, 5.41) is 10.6. The molecule has 0 radical (unpaired) electrons. The van der Waals surface area contributed by atoms with Crippen LogP contribution in [0.3, 0.4) is 0 Å². The summed E-state index contributed by atoms with van der Waals surface area (Å²) in [6.07, 6.45) is 5.60. The number of aromatic nitrogens is 3. The Hall–Kier alpha value is -1.51. The molecule has 0 unspecified atom stereocenters. The summed E-state index contributed by atoms with van der Waals surface area (Å²) in [6, 6.07) is 0. The molecule has 2 aromatic heterocycles. The van der Waals surface area contributed by atoms with Crippen LogP contribution in [0.2, 0.25) is 0 Å². The van der Waals surface area contributed by atoms with E-state index < -0.39 is 0 Å². The zero-order valence-electron chi connectivity index (χ0n) is 10.2. The Balaban J connectivity index is 2.82. The molecule has 0 aliphatic rings.